The van der Waals surface area contributed by atoms with Crippen LogP contribution in [-0.2, 0) is 0 Å². The van der Waals surface area contributed by atoms with Crippen LogP contribution >= 0.6 is 11.6 Å². The zero-order valence-electron chi connectivity index (χ0n) is 11.1. The highest BCUT2D eigenvalue weighted by Gasteiger charge is 2.20. The number of ether oxygens (including phenoxy) is 2. The quantitative estimate of drug-likeness (QED) is 0.934. The number of nitrogens with zero attached hydrogens (tertiary/aromatic N) is 1. The van der Waals surface area contributed by atoms with Crippen LogP contribution in [0.1, 0.15) is 16.1 Å². The predicted molar refractivity (Wildman–Crippen MR) is 71.7 cm³/mol. The summed E-state index contributed by atoms with van der Waals surface area (Å²) >= 11 is 6.13. The summed E-state index contributed by atoms with van der Waals surface area (Å²) in [7, 11) is 3.00. The molecule has 20 heavy (non-hydrogen) atoms. The first-order valence-electron chi connectivity index (χ1n) is 5.61. The van der Waals surface area contributed by atoms with E-state index in [1.54, 1.807) is 13.0 Å². The van der Waals surface area contributed by atoms with Crippen molar-refractivity contribution >= 4 is 17.6 Å². The number of aromatic nitrogens is 1. The van der Waals surface area contributed by atoms with E-state index in [-0.39, 0.29) is 5.76 Å². The number of carboxylic acids is 1. The van der Waals surface area contributed by atoms with E-state index in [1.165, 1.54) is 20.3 Å². The summed E-state index contributed by atoms with van der Waals surface area (Å²) < 4.78 is 15.3. The lowest BCUT2D eigenvalue weighted by Gasteiger charge is -2.14. The fraction of sp³-hybridized carbons (Fsp3) is 0.231. The van der Waals surface area contributed by atoms with Crippen LogP contribution in [0, 0.1) is 6.92 Å². The first-order chi connectivity index (χ1) is 9.49. The fourth-order valence-electron chi connectivity index (χ4n) is 1.95. The molecule has 0 aliphatic carbocycles. The maximum Gasteiger partial charge on any atom is 0.374 e. The molecular weight excluding hydrogens is 286 g/mol. The third kappa shape index (κ3) is 2.30. The summed E-state index contributed by atoms with van der Waals surface area (Å²) in [4.78, 5) is 10.8. The Morgan fingerprint density at radius 2 is 1.95 bits per heavy atom. The number of rotatable bonds is 4. The summed E-state index contributed by atoms with van der Waals surface area (Å²) in [5, 5.41) is 12.9. The molecule has 0 spiro atoms. The lowest BCUT2D eigenvalue weighted by molar-refractivity contribution is 0.0652. The summed E-state index contributed by atoms with van der Waals surface area (Å²) in [5.74, 6) is -0.462. The highest BCUT2D eigenvalue weighted by molar-refractivity contribution is 6.32. The topological polar surface area (TPSA) is 81.8 Å². The zero-order valence-corrected chi connectivity index (χ0v) is 11.8. The number of methoxy groups -OCH3 is 2. The normalized spacial score (nSPS) is 10.4. The summed E-state index contributed by atoms with van der Waals surface area (Å²) in [6.45, 7) is 1.78. The molecule has 0 saturated heterocycles. The van der Waals surface area contributed by atoms with Crippen LogP contribution in [-0.4, -0.2) is 30.5 Å². The van der Waals surface area contributed by atoms with Crippen LogP contribution in [0.3, 0.4) is 0 Å². The Hall–Kier alpha value is -2.21. The van der Waals surface area contributed by atoms with Gasteiger partial charge in [0.15, 0.2) is 0 Å². The van der Waals surface area contributed by atoms with Crippen molar-refractivity contribution in [2.24, 2.45) is 0 Å². The zero-order chi connectivity index (χ0) is 14.9. The molecule has 1 heterocycles. The average Bonchev–Trinajstić information content (AvgIpc) is 2.88. The Morgan fingerprint density at radius 1 is 1.30 bits per heavy atom. The number of hydrogen-bond donors (Lipinski definition) is 1. The van der Waals surface area contributed by atoms with Crippen LogP contribution < -0.4 is 9.47 Å². The molecule has 1 N–H and O–H groups in total. The standard InChI is InChI=1S/C13H12ClNO5/c1-6-11(18-2)7(4-8(14)12(6)19-3)9-5-10(13(16)17)20-15-9/h4-5H,1-3H3,(H,16,17). The highest BCUT2D eigenvalue weighted by atomic mass is 35.5. The lowest BCUT2D eigenvalue weighted by Crippen LogP contribution is -1.96. The van der Waals surface area contributed by atoms with Crippen molar-refractivity contribution in [1.82, 2.24) is 5.16 Å². The number of aromatic carboxylic acids is 1. The van der Waals surface area contributed by atoms with Crippen molar-refractivity contribution in [3.8, 4) is 22.8 Å². The minimum Gasteiger partial charge on any atom is -0.496 e. The third-order valence-corrected chi connectivity index (χ3v) is 3.10. The molecule has 0 amide bonds. The van der Waals surface area contributed by atoms with Gasteiger partial charge in [-0.15, -0.1) is 0 Å². The molecule has 2 rings (SSSR count). The van der Waals surface area contributed by atoms with Crippen molar-refractivity contribution in [1.29, 1.82) is 0 Å². The second kappa shape index (κ2) is 5.42. The fourth-order valence-corrected chi connectivity index (χ4v) is 2.28. The number of carbonyl (C=O) groups is 1. The van der Waals surface area contributed by atoms with Gasteiger partial charge in [-0.25, -0.2) is 4.79 Å². The van der Waals surface area contributed by atoms with E-state index >= 15 is 0 Å². The van der Waals surface area contributed by atoms with Crippen molar-refractivity contribution in [3.63, 3.8) is 0 Å². The van der Waals surface area contributed by atoms with Gasteiger partial charge in [-0.1, -0.05) is 16.8 Å². The molecule has 6 nitrogen and oxygen atoms in total. The minimum absolute atomic E-state index is 0.258. The van der Waals surface area contributed by atoms with E-state index in [4.69, 9.17) is 30.7 Å². The molecule has 0 atom stereocenters. The van der Waals surface area contributed by atoms with E-state index in [9.17, 15) is 4.79 Å². The molecule has 0 aliphatic heterocycles. The third-order valence-electron chi connectivity index (χ3n) is 2.82. The van der Waals surface area contributed by atoms with Gasteiger partial charge < -0.3 is 19.1 Å². The molecule has 0 radical (unpaired) electrons. The molecule has 1 aromatic heterocycles. The molecule has 1 aromatic carbocycles. The van der Waals surface area contributed by atoms with Crippen LogP contribution in [0.25, 0.3) is 11.3 Å². The van der Waals surface area contributed by atoms with E-state index in [0.29, 0.717) is 33.3 Å². The molecule has 0 saturated carbocycles. The van der Waals surface area contributed by atoms with Gasteiger partial charge in [-0.2, -0.15) is 0 Å². The lowest BCUT2D eigenvalue weighted by atomic mass is 10.1. The van der Waals surface area contributed by atoms with Crippen LogP contribution in [0.2, 0.25) is 5.02 Å². The molecule has 106 valence electrons. The Kier molecular flexibility index (Phi) is 3.85. The largest absolute Gasteiger partial charge is 0.496 e. The molecule has 0 aliphatic rings. The van der Waals surface area contributed by atoms with Crippen LogP contribution in [0.5, 0.6) is 11.5 Å². The molecule has 7 heteroatoms. The first-order valence-corrected chi connectivity index (χ1v) is 5.98. The van der Waals surface area contributed by atoms with Gasteiger partial charge >= 0.3 is 5.97 Å². The second-order valence-electron chi connectivity index (χ2n) is 3.98. The minimum atomic E-state index is -1.20. The maximum absolute atomic E-state index is 10.8. The summed E-state index contributed by atoms with van der Waals surface area (Å²) in [6, 6.07) is 2.90. The first kappa shape index (κ1) is 14.2. The van der Waals surface area contributed by atoms with E-state index in [2.05, 4.69) is 5.16 Å². The van der Waals surface area contributed by atoms with Crippen LogP contribution in [0.15, 0.2) is 16.7 Å². The van der Waals surface area contributed by atoms with E-state index in [1.807, 2.05) is 0 Å². The van der Waals surface area contributed by atoms with Crippen molar-refractivity contribution in [2.45, 2.75) is 6.92 Å². The molecular formula is C13H12ClNO5. The van der Waals surface area contributed by atoms with Gasteiger partial charge in [0.2, 0.25) is 5.76 Å². The van der Waals surface area contributed by atoms with Crippen molar-refractivity contribution < 1.29 is 23.9 Å². The van der Waals surface area contributed by atoms with Gasteiger partial charge in [0.1, 0.15) is 17.2 Å². The number of benzene rings is 1. The van der Waals surface area contributed by atoms with Gasteiger partial charge in [0, 0.05) is 17.2 Å². The van der Waals surface area contributed by atoms with Gasteiger partial charge in [0.25, 0.3) is 0 Å². The predicted octanol–water partition coefficient (Wildman–Crippen LogP) is 3.02. The van der Waals surface area contributed by atoms with E-state index < -0.39 is 5.97 Å². The number of halogens is 1. The summed E-state index contributed by atoms with van der Waals surface area (Å²) in [5.41, 5.74) is 1.55. The van der Waals surface area contributed by atoms with Gasteiger partial charge in [0.05, 0.1) is 19.2 Å². The Labute approximate surface area is 119 Å². The molecule has 0 fully saturated rings. The van der Waals surface area contributed by atoms with Gasteiger partial charge in [-0.05, 0) is 13.0 Å². The molecule has 2 aromatic rings. The van der Waals surface area contributed by atoms with Crippen molar-refractivity contribution in [3.05, 3.63) is 28.5 Å². The molecule has 0 unspecified atom stereocenters. The van der Waals surface area contributed by atoms with E-state index in [0.717, 1.165) is 0 Å². The maximum atomic E-state index is 10.8. The van der Waals surface area contributed by atoms with Gasteiger partial charge in [-0.3, -0.25) is 0 Å². The second-order valence-corrected chi connectivity index (χ2v) is 4.39. The van der Waals surface area contributed by atoms with Crippen LogP contribution in [0.4, 0.5) is 0 Å². The number of hydrogen-bond acceptors (Lipinski definition) is 5. The summed E-state index contributed by atoms with van der Waals surface area (Å²) in [6.07, 6.45) is 0. The monoisotopic (exact) mass is 297 g/mol. The Bertz CT molecular complexity index is 665. The number of carboxylic acid groups (broad SMARTS) is 1. The average molecular weight is 298 g/mol. The van der Waals surface area contributed by atoms with Crippen molar-refractivity contribution in [2.75, 3.05) is 14.2 Å². The SMILES string of the molecule is COc1c(Cl)cc(-c2cc(C(=O)O)on2)c(OC)c1C. The molecule has 0 bridgehead atoms. The highest BCUT2D eigenvalue weighted by Crippen LogP contribution is 2.42. The smallest absolute Gasteiger partial charge is 0.374 e. The Balaban J connectivity index is 2.63. The Morgan fingerprint density at radius 3 is 2.45 bits per heavy atom.